The second kappa shape index (κ2) is 9.35. The Balaban J connectivity index is 1.46. The number of nitrogens with zero attached hydrogens (tertiary/aromatic N) is 5. The van der Waals surface area contributed by atoms with Gasteiger partial charge in [0, 0.05) is 29.4 Å². The summed E-state index contributed by atoms with van der Waals surface area (Å²) in [7, 11) is 0. The summed E-state index contributed by atoms with van der Waals surface area (Å²) in [6.07, 6.45) is 10.4. The van der Waals surface area contributed by atoms with Gasteiger partial charge in [0.2, 0.25) is 0 Å². The van der Waals surface area contributed by atoms with Crippen molar-refractivity contribution in [3.63, 3.8) is 0 Å². The topological polar surface area (TPSA) is 115 Å². The average Bonchev–Trinajstić information content (AvgIpc) is 3.75. The van der Waals surface area contributed by atoms with Gasteiger partial charge in [0.05, 0.1) is 29.1 Å². The van der Waals surface area contributed by atoms with Crippen LogP contribution in [0.4, 0.5) is 20.4 Å². The predicted octanol–water partition coefficient (Wildman–Crippen LogP) is 4.55. The molecule has 2 aliphatic rings. The molecule has 4 N–H and O–H groups in total. The molecule has 37 heavy (non-hydrogen) atoms. The quantitative estimate of drug-likeness (QED) is 0.352. The van der Waals surface area contributed by atoms with Crippen LogP contribution < -0.4 is 16.4 Å². The molecular weight excluding hydrogens is 474 g/mol. The van der Waals surface area contributed by atoms with E-state index in [9.17, 15) is 8.78 Å². The first-order chi connectivity index (χ1) is 17.9. The molecule has 6 rings (SSSR count). The molecule has 4 aromatic rings. The van der Waals surface area contributed by atoms with Crippen LogP contribution in [0, 0.1) is 17.6 Å². The van der Waals surface area contributed by atoms with E-state index in [1.54, 1.807) is 24.5 Å². The van der Waals surface area contributed by atoms with E-state index < -0.39 is 17.2 Å². The van der Waals surface area contributed by atoms with Gasteiger partial charge in [-0.3, -0.25) is 4.98 Å². The van der Waals surface area contributed by atoms with E-state index in [1.165, 1.54) is 5.56 Å². The number of hydrogen-bond donors (Lipinski definition) is 3. The summed E-state index contributed by atoms with van der Waals surface area (Å²) in [5.74, 6) is -0.133. The van der Waals surface area contributed by atoms with Gasteiger partial charge in [0.15, 0.2) is 17.5 Å². The zero-order valence-corrected chi connectivity index (χ0v) is 20.5. The lowest BCUT2D eigenvalue weighted by Crippen LogP contribution is -2.47. The highest BCUT2D eigenvalue weighted by atomic mass is 19.1. The molecule has 1 aliphatic carbocycles. The first-order valence-electron chi connectivity index (χ1n) is 12.6. The molecule has 0 bridgehead atoms. The number of hydrogen-bond acceptors (Lipinski definition) is 8. The maximum Gasteiger partial charge on any atom is 0.168 e. The van der Waals surface area contributed by atoms with Crippen molar-refractivity contribution in [2.24, 2.45) is 11.7 Å². The Bertz CT molecular complexity index is 1460. The van der Waals surface area contributed by atoms with E-state index in [0.29, 0.717) is 23.1 Å². The van der Waals surface area contributed by atoms with Crippen LogP contribution in [0.15, 0.2) is 43.0 Å². The fraction of sp³-hybridized carbons (Fsp3) is 0.370. The maximum atomic E-state index is 14.2. The Morgan fingerprint density at radius 2 is 1.84 bits per heavy atom. The zero-order chi connectivity index (χ0) is 25.6. The number of anilines is 2. The third-order valence-corrected chi connectivity index (χ3v) is 7.42. The Kier molecular flexibility index (Phi) is 6.00. The highest BCUT2D eigenvalue weighted by molar-refractivity contribution is 5.87. The van der Waals surface area contributed by atoms with Crippen molar-refractivity contribution < 1.29 is 8.78 Å². The third kappa shape index (κ3) is 4.62. The van der Waals surface area contributed by atoms with Crippen molar-refractivity contribution in [2.45, 2.75) is 44.1 Å². The van der Waals surface area contributed by atoms with Crippen LogP contribution in [0.5, 0.6) is 0 Å². The zero-order valence-electron chi connectivity index (χ0n) is 20.5. The molecule has 10 heteroatoms. The number of piperidine rings is 1. The largest absolute Gasteiger partial charge is 0.322 e. The summed E-state index contributed by atoms with van der Waals surface area (Å²) in [6, 6.07) is 4.28. The van der Waals surface area contributed by atoms with Gasteiger partial charge in [-0.15, -0.1) is 0 Å². The van der Waals surface area contributed by atoms with Crippen molar-refractivity contribution in [1.82, 2.24) is 30.2 Å². The smallest absolute Gasteiger partial charge is 0.168 e. The van der Waals surface area contributed by atoms with Gasteiger partial charge in [-0.25, -0.2) is 28.7 Å². The second-order valence-corrected chi connectivity index (χ2v) is 10.1. The maximum absolute atomic E-state index is 14.2. The Hall–Kier alpha value is -3.63. The number of halogens is 2. The number of nitrogens with two attached hydrogens (primary N) is 1. The van der Waals surface area contributed by atoms with E-state index in [0.717, 1.165) is 67.6 Å². The van der Waals surface area contributed by atoms with Crippen molar-refractivity contribution in [2.75, 3.05) is 18.4 Å². The van der Waals surface area contributed by atoms with Crippen molar-refractivity contribution in [3.8, 4) is 11.4 Å². The van der Waals surface area contributed by atoms with Crippen molar-refractivity contribution in [1.29, 1.82) is 0 Å². The van der Waals surface area contributed by atoms with E-state index in [-0.39, 0.29) is 11.7 Å². The van der Waals surface area contributed by atoms with Crippen LogP contribution in [-0.2, 0) is 5.54 Å². The van der Waals surface area contributed by atoms with Crippen LogP contribution in [0.3, 0.4) is 0 Å². The normalized spacial score (nSPS) is 18.1. The molecule has 0 spiro atoms. The highest BCUT2D eigenvalue weighted by Gasteiger charge is 2.38. The first kappa shape index (κ1) is 23.7. The van der Waals surface area contributed by atoms with E-state index >= 15 is 0 Å². The Morgan fingerprint density at radius 1 is 1.03 bits per heavy atom. The molecule has 1 unspecified atom stereocenters. The highest BCUT2D eigenvalue weighted by Crippen LogP contribution is 2.45. The first-order valence-corrected chi connectivity index (χ1v) is 12.6. The number of rotatable bonds is 6. The lowest BCUT2D eigenvalue weighted by molar-refractivity contribution is 0.231. The molecule has 1 atom stereocenters. The van der Waals surface area contributed by atoms with Crippen LogP contribution in [0.2, 0.25) is 0 Å². The monoisotopic (exact) mass is 502 g/mol. The fourth-order valence-corrected chi connectivity index (χ4v) is 5.21. The molecule has 1 aliphatic heterocycles. The minimum atomic E-state index is -0.809. The summed E-state index contributed by atoms with van der Waals surface area (Å²) in [6.45, 7) is 3.93. The molecule has 1 saturated carbocycles. The molecule has 4 aromatic heterocycles. The summed E-state index contributed by atoms with van der Waals surface area (Å²) in [5, 5.41) is 7.24. The molecule has 190 valence electrons. The SMILES string of the molecule is CC(N)(c1nc(-c2ccnc(Nc3ncc(F)cc3F)c2)nc2cncc(C3CC3)c12)C1CCNCC1. The lowest BCUT2D eigenvalue weighted by atomic mass is 9.76. The molecule has 0 amide bonds. The van der Waals surface area contributed by atoms with Gasteiger partial charge in [0.25, 0.3) is 0 Å². The number of pyridine rings is 3. The van der Waals surface area contributed by atoms with Gasteiger partial charge >= 0.3 is 0 Å². The minimum absolute atomic E-state index is 0.120. The summed E-state index contributed by atoms with van der Waals surface area (Å²) in [5.41, 5.74) is 9.90. The Morgan fingerprint density at radius 3 is 2.59 bits per heavy atom. The number of nitrogens with one attached hydrogen (secondary N) is 2. The molecule has 5 heterocycles. The van der Waals surface area contributed by atoms with E-state index in [2.05, 4.69) is 32.5 Å². The lowest BCUT2D eigenvalue weighted by Gasteiger charge is -2.37. The fourth-order valence-electron chi connectivity index (χ4n) is 5.21. The van der Waals surface area contributed by atoms with Gasteiger partial charge in [-0.1, -0.05) is 0 Å². The van der Waals surface area contributed by atoms with Gasteiger partial charge < -0.3 is 16.4 Å². The number of aromatic nitrogens is 5. The summed E-state index contributed by atoms with van der Waals surface area (Å²) < 4.78 is 27.4. The summed E-state index contributed by atoms with van der Waals surface area (Å²) >= 11 is 0. The second-order valence-electron chi connectivity index (χ2n) is 10.1. The Labute approximate surface area is 213 Å². The molecule has 0 radical (unpaired) electrons. The number of fused-ring (bicyclic) bond motifs is 1. The predicted molar refractivity (Wildman–Crippen MR) is 137 cm³/mol. The third-order valence-electron chi connectivity index (χ3n) is 7.42. The van der Waals surface area contributed by atoms with E-state index in [4.69, 9.17) is 15.7 Å². The van der Waals surface area contributed by atoms with Gasteiger partial charge in [-0.05, 0) is 75.2 Å². The van der Waals surface area contributed by atoms with Gasteiger partial charge in [0.1, 0.15) is 11.6 Å². The minimum Gasteiger partial charge on any atom is -0.322 e. The standard InChI is InChI=1S/C27H28F2N8/c1-27(30,17-5-7-31-8-6-17)24-23-19(15-2-3-15)13-32-14-21(23)35-25(37-24)16-4-9-33-22(10-16)36-26-20(29)11-18(28)12-34-26/h4,9-15,17,31H,2-3,5-8,30H2,1H3,(H,33,34,36). The van der Waals surface area contributed by atoms with E-state index in [1.807, 2.05) is 6.20 Å². The molecular formula is C27H28F2N8. The van der Waals surface area contributed by atoms with Crippen LogP contribution in [0.1, 0.15) is 49.8 Å². The molecule has 1 saturated heterocycles. The molecule has 8 nitrogen and oxygen atoms in total. The molecule has 2 fully saturated rings. The van der Waals surface area contributed by atoms with Crippen LogP contribution in [0.25, 0.3) is 22.3 Å². The van der Waals surface area contributed by atoms with Crippen LogP contribution >= 0.6 is 0 Å². The van der Waals surface area contributed by atoms with Crippen LogP contribution in [-0.4, -0.2) is 38.0 Å². The van der Waals surface area contributed by atoms with Gasteiger partial charge in [-0.2, -0.15) is 0 Å². The van der Waals surface area contributed by atoms with Crippen molar-refractivity contribution >= 4 is 22.5 Å². The average molecular weight is 503 g/mol. The summed E-state index contributed by atoms with van der Waals surface area (Å²) in [4.78, 5) is 22.5. The van der Waals surface area contributed by atoms with Crippen molar-refractivity contribution in [3.05, 3.63) is 65.9 Å². The molecule has 0 aromatic carbocycles.